The molecule has 2 aromatic carbocycles. The molecule has 2 saturated carbocycles. The van der Waals surface area contributed by atoms with Crippen LogP contribution in [0.1, 0.15) is 115 Å². The number of hydrogen-bond donors (Lipinski definition) is 2. The van der Waals surface area contributed by atoms with Gasteiger partial charge in [0.2, 0.25) is 10.0 Å². The average Bonchev–Trinajstić information content (AvgIpc) is 3.66. The third-order valence-electron chi connectivity index (χ3n) is 11.4. The molecule has 1 aliphatic heterocycles. The van der Waals surface area contributed by atoms with Crippen molar-refractivity contribution in [3.05, 3.63) is 70.5 Å². The van der Waals surface area contributed by atoms with Crippen molar-refractivity contribution >= 4 is 44.4 Å². The lowest BCUT2D eigenvalue weighted by Gasteiger charge is -2.29. The lowest BCUT2D eigenvalue weighted by molar-refractivity contribution is 0.0655. The first-order chi connectivity index (χ1) is 26.1. The van der Waals surface area contributed by atoms with E-state index in [4.69, 9.17) is 14.6 Å². The normalized spacial score (nSPS) is 16.4. The summed E-state index contributed by atoms with van der Waals surface area (Å²) in [6.45, 7) is 4.05. The average molecular weight is 758 g/mol. The molecule has 288 valence electrons. The number of carbonyl (C=O) groups excluding carboxylic acids is 2. The van der Waals surface area contributed by atoms with Crippen LogP contribution in [0.5, 0.6) is 5.75 Å². The molecule has 0 unspecified atom stereocenters. The molecule has 0 atom stereocenters. The van der Waals surface area contributed by atoms with E-state index in [0.717, 1.165) is 83.9 Å². The van der Waals surface area contributed by atoms with Crippen LogP contribution in [0.4, 0.5) is 0 Å². The van der Waals surface area contributed by atoms with Crippen LogP contribution in [0.25, 0.3) is 33.8 Å². The van der Waals surface area contributed by atoms with E-state index in [1.54, 1.807) is 31.4 Å². The molecule has 0 bridgehead atoms. The van der Waals surface area contributed by atoms with Crippen molar-refractivity contribution in [3.63, 3.8) is 0 Å². The van der Waals surface area contributed by atoms with Gasteiger partial charge in [-0.2, -0.15) is 5.10 Å². The highest BCUT2D eigenvalue weighted by Gasteiger charge is 2.34. The first-order valence-electron chi connectivity index (χ1n) is 19.1. The Morgan fingerprint density at radius 2 is 1.78 bits per heavy atom. The van der Waals surface area contributed by atoms with Crippen LogP contribution in [0, 0.1) is 0 Å². The third kappa shape index (κ3) is 7.09. The maximum absolute atomic E-state index is 14.4. The predicted octanol–water partition coefficient (Wildman–Crippen LogP) is 6.39. The Balaban J connectivity index is 1.47. The van der Waals surface area contributed by atoms with E-state index in [-0.39, 0.29) is 30.7 Å². The van der Waals surface area contributed by atoms with Gasteiger partial charge in [-0.15, -0.1) is 0 Å². The first kappa shape index (κ1) is 37.8. The van der Waals surface area contributed by atoms with Gasteiger partial charge < -0.3 is 24.0 Å². The van der Waals surface area contributed by atoms with E-state index in [1.165, 1.54) is 25.8 Å². The maximum atomic E-state index is 14.4. The molecule has 0 saturated heterocycles. The summed E-state index contributed by atoms with van der Waals surface area (Å²) >= 11 is 0. The van der Waals surface area contributed by atoms with Gasteiger partial charge in [0.15, 0.2) is 0 Å². The second-order valence-electron chi connectivity index (χ2n) is 15.0. The summed E-state index contributed by atoms with van der Waals surface area (Å²) in [5.41, 5.74) is 7.35. The number of sulfonamides is 1. The van der Waals surface area contributed by atoms with Gasteiger partial charge in [0.05, 0.1) is 61.3 Å². The van der Waals surface area contributed by atoms with E-state index in [9.17, 15) is 23.1 Å². The number of hydrogen-bond acceptors (Lipinski definition) is 8. The molecule has 3 aliphatic rings. The number of aromatic nitrogens is 3. The number of amides is 2. The summed E-state index contributed by atoms with van der Waals surface area (Å²) in [5, 5.41) is 15.0. The zero-order chi connectivity index (χ0) is 38.1. The molecule has 2 N–H and O–H groups in total. The molecule has 3 heterocycles. The number of carbonyl (C=O) groups is 2. The fourth-order valence-corrected chi connectivity index (χ4v) is 8.80. The van der Waals surface area contributed by atoms with Gasteiger partial charge in [-0.3, -0.25) is 14.3 Å². The number of nitrogens with zero attached hydrogens (tertiary/aromatic N) is 4. The summed E-state index contributed by atoms with van der Waals surface area (Å²) < 4.78 is 43.1. The number of rotatable bonds is 13. The third-order valence-corrected chi connectivity index (χ3v) is 13.1. The topological polar surface area (TPSA) is 145 Å². The van der Waals surface area contributed by atoms with Crippen LogP contribution in [0.3, 0.4) is 0 Å². The SMILES string of the molecule is COCCN(CCO)C(=O)c1cnn(C2CCC2)c1C1=Cc2cc(OC)ccc2-c2c(C3CCCCC3)c3ccc(C(=O)NS(=O)(=O)C(C)C)cc3n2C1. The van der Waals surface area contributed by atoms with Gasteiger partial charge in [-0.05, 0) is 105 Å². The largest absolute Gasteiger partial charge is 0.497 e. The number of fused-ring (bicyclic) bond motifs is 5. The van der Waals surface area contributed by atoms with Crippen molar-refractivity contribution in [1.82, 2.24) is 24.0 Å². The Labute approximate surface area is 317 Å². The Hall–Kier alpha value is -4.46. The Morgan fingerprint density at radius 1 is 1.00 bits per heavy atom. The summed E-state index contributed by atoms with van der Waals surface area (Å²) in [5.74, 6) is 0.0887. The number of nitrogens with one attached hydrogen (secondary N) is 1. The fourth-order valence-electron chi connectivity index (χ4n) is 8.19. The van der Waals surface area contributed by atoms with Crippen LogP contribution in [0.2, 0.25) is 0 Å². The number of aliphatic hydroxyl groups is 1. The minimum atomic E-state index is -3.86. The zero-order valence-electron chi connectivity index (χ0n) is 31.6. The Bertz CT molecular complexity index is 2190. The second-order valence-corrected chi connectivity index (χ2v) is 17.2. The van der Waals surface area contributed by atoms with Crippen molar-refractivity contribution in [3.8, 4) is 17.0 Å². The van der Waals surface area contributed by atoms with Gasteiger partial charge >= 0.3 is 0 Å². The molecule has 4 aromatic rings. The number of benzene rings is 2. The minimum absolute atomic E-state index is 0.137. The fraction of sp³-hybridized carbons (Fsp3) is 0.488. The summed E-state index contributed by atoms with van der Waals surface area (Å²) in [7, 11) is -0.619. The van der Waals surface area contributed by atoms with Crippen LogP contribution in [-0.2, 0) is 21.3 Å². The molecule has 2 fully saturated rings. The molecule has 2 aromatic heterocycles. The monoisotopic (exact) mass is 757 g/mol. The van der Waals surface area contributed by atoms with Gasteiger partial charge in [-0.25, -0.2) is 13.1 Å². The summed E-state index contributed by atoms with van der Waals surface area (Å²) in [6.07, 6.45) is 12.3. The van der Waals surface area contributed by atoms with Gasteiger partial charge in [0.25, 0.3) is 11.8 Å². The molecule has 0 radical (unpaired) electrons. The van der Waals surface area contributed by atoms with E-state index < -0.39 is 21.2 Å². The Kier molecular flexibility index (Phi) is 11.0. The number of methoxy groups -OCH3 is 2. The molecular weight excluding hydrogens is 707 g/mol. The standard InChI is InChI=1S/C41H51N5O7S/c1-26(2)54(50,51)43-40(48)28-13-15-34-36(23-28)45-25-30(21-29-22-32(53-4)14-16-33(29)39(45)37(34)27-9-6-5-7-10-27)38-35(24-42-46(38)31-11-8-12-31)41(49)44(17-19-47)18-20-52-3/h13-16,21-24,26-27,31,47H,5-12,17-20,25H2,1-4H3,(H,43,48). The number of ether oxygens (including phenoxy) is 2. The van der Waals surface area contributed by atoms with E-state index in [1.807, 2.05) is 28.9 Å². The highest BCUT2D eigenvalue weighted by Crippen LogP contribution is 2.48. The molecule has 54 heavy (non-hydrogen) atoms. The van der Waals surface area contributed by atoms with Crippen LogP contribution in [-0.4, -0.2) is 90.4 Å². The summed E-state index contributed by atoms with van der Waals surface area (Å²) in [6, 6.07) is 11.7. The van der Waals surface area contributed by atoms with E-state index in [2.05, 4.69) is 21.4 Å². The van der Waals surface area contributed by atoms with Crippen molar-refractivity contribution in [2.24, 2.45) is 0 Å². The van der Waals surface area contributed by atoms with Crippen molar-refractivity contribution in [2.45, 2.75) is 89.0 Å². The highest BCUT2D eigenvalue weighted by atomic mass is 32.2. The number of allylic oxidation sites excluding steroid dienone is 1. The first-order valence-corrected chi connectivity index (χ1v) is 20.7. The smallest absolute Gasteiger partial charge is 0.264 e. The lowest BCUT2D eigenvalue weighted by atomic mass is 9.81. The van der Waals surface area contributed by atoms with Gasteiger partial charge in [-0.1, -0.05) is 25.3 Å². The van der Waals surface area contributed by atoms with Crippen molar-refractivity contribution in [1.29, 1.82) is 0 Å². The molecule has 12 nitrogen and oxygen atoms in total. The predicted molar refractivity (Wildman–Crippen MR) is 209 cm³/mol. The van der Waals surface area contributed by atoms with Gasteiger partial charge in [0, 0.05) is 42.2 Å². The van der Waals surface area contributed by atoms with Gasteiger partial charge in [0.1, 0.15) is 5.75 Å². The minimum Gasteiger partial charge on any atom is -0.497 e. The molecule has 13 heteroatoms. The molecular formula is C41H51N5O7S. The Morgan fingerprint density at radius 3 is 2.44 bits per heavy atom. The van der Waals surface area contributed by atoms with Crippen molar-refractivity contribution < 1.29 is 32.6 Å². The van der Waals surface area contributed by atoms with Crippen LogP contribution < -0.4 is 9.46 Å². The van der Waals surface area contributed by atoms with Crippen LogP contribution >= 0.6 is 0 Å². The number of aliphatic hydroxyl groups excluding tert-OH is 1. The molecule has 7 rings (SSSR count). The molecule has 2 amide bonds. The molecule has 0 spiro atoms. The van der Waals surface area contributed by atoms with Crippen molar-refractivity contribution in [2.75, 3.05) is 40.5 Å². The highest BCUT2D eigenvalue weighted by molar-refractivity contribution is 7.90. The summed E-state index contributed by atoms with van der Waals surface area (Å²) in [4.78, 5) is 29.5. The second kappa shape index (κ2) is 15.7. The lowest BCUT2D eigenvalue weighted by Crippen LogP contribution is -2.36. The quantitative estimate of drug-likeness (QED) is 0.160. The maximum Gasteiger partial charge on any atom is 0.264 e. The van der Waals surface area contributed by atoms with E-state index in [0.29, 0.717) is 36.9 Å². The zero-order valence-corrected chi connectivity index (χ0v) is 32.5. The van der Waals surface area contributed by atoms with E-state index >= 15 is 0 Å². The van der Waals surface area contributed by atoms with Crippen LogP contribution in [0.15, 0.2) is 42.6 Å². The molecule has 2 aliphatic carbocycles.